The minimum Gasteiger partial charge on any atom is -0.479 e. The molecule has 2 amide bonds. The van der Waals surface area contributed by atoms with Crippen molar-refractivity contribution in [3.63, 3.8) is 0 Å². The third kappa shape index (κ3) is 6.55. The van der Waals surface area contributed by atoms with E-state index in [4.69, 9.17) is 27.9 Å². The van der Waals surface area contributed by atoms with Crippen molar-refractivity contribution in [1.82, 2.24) is 15.3 Å². The molecule has 0 fully saturated rings. The Morgan fingerprint density at radius 2 is 1.83 bits per heavy atom. The van der Waals surface area contributed by atoms with Crippen LogP contribution in [0.3, 0.4) is 0 Å². The molecule has 0 aliphatic carbocycles. The molecule has 0 aliphatic heterocycles. The van der Waals surface area contributed by atoms with Gasteiger partial charge in [-0.3, -0.25) is 9.59 Å². The van der Waals surface area contributed by atoms with Crippen LogP contribution in [0.2, 0.25) is 10.0 Å². The van der Waals surface area contributed by atoms with Gasteiger partial charge in [0.05, 0.1) is 11.2 Å². The van der Waals surface area contributed by atoms with Gasteiger partial charge >= 0.3 is 0 Å². The Labute approximate surface area is 215 Å². The zero-order chi connectivity index (χ0) is 25.7. The molecule has 0 radical (unpaired) electrons. The van der Waals surface area contributed by atoms with Gasteiger partial charge in [0.25, 0.3) is 11.8 Å². The molecule has 2 N–H and O–H groups in total. The summed E-state index contributed by atoms with van der Waals surface area (Å²) in [7, 11) is 1.99. The first-order valence-electron chi connectivity index (χ1n) is 11.4. The second-order valence-corrected chi connectivity index (χ2v) is 9.68. The van der Waals surface area contributed by atoms with Crippen molar-refractivity contribution in [1.29, 1.82) is 0 Å². The Hall–Kier alpha value is -3.03. The highest BCUT2D eigenvalue weighted by molar-refractivity contribution is 6.35. The number of nitrogens with one attached hydrogen (secondary N) is 2. The number of fused-ring (bicyclic) bond motifs is 1. The molecule has 0 saturated carbocycles. The van der Waals surface area contributed by atoms with Crippen LogP contribution < -0.4 is 15.5 Å². The molecule has 3 aromatic rings. The molecule has 186 valence electrons. The number of hydrazone groups is 1. The summed E-state index contributed by atoms with van der Waals surface area (Å²) in [6, 6.07) is 12.0. The minimum absolute atomic E-state index is 0.164. The first-order chi connectivity index (χ1) is 16.6. The third-order valence-electron chi connectivity index (χ3n) is 5.72. The van der Waals surface area contributed by atoms with Gasteiger partial charge in [-0.25, -0.2) is 5.43 Å². The third-order valence-corrected chi connectivity index (χ3v) is 6.25. The Morgan fingerprint density at radius 3 is 2.51 bits per heavy atom. The summed E-state index contributed by atoms with van der Waals surface area (Å²) in [5.74, 6) is -0.348. The standard InChI is InChI=1S/C26H30Cl2N4O3/c1-15(2)12-22(30-25(33)17(4)35-24-11-10-18(27)13-21(24)28)26(34)31-29-14-20-16(3)32(5)23-9-7-6-8-19(20)23/h6-11,13-15,17,22H,12H2,1-5H3,(H,30,33)(H,31,34)/b29-14-/t17-,22-/m1/s1. The lowest BCUT2D eigenvalue weighted by atomic mass is 10.0. The summed E-state index contributed by atoms with van der Waals surface area (Å²) in [5.41, 5.74) is 5.61. The second kappa shape index (κ2) is 11.6. The Morgan fingerprint density at radius 1 is 1.11 bits per heavy atom. The Balaban J connectivity index is 1.68. The number of aryl methyl sites for hydroxylation is 1. The number of nitrogens with zero attached hydrogens (tertiary/aromatic N) is 2. The van der Waals surface area contributed by atoms with Gasteiger partial charge in [0.1, 0.15) is 11.8 Å². The maximum absolute atomic E-state index is 12.9. The van der Waals surface area contributed by atoms with E-state index in [0.717, 1.165) is 22.2 Å². The fourth-order valence-electron chi connectivity index (χ4n) is 3.76. The highest BCUT2D eigenvalue weighted by Crippen LogP contribution is 2.28. The van der Waals surface area contributed by atoms with E-state index in [2.05, 4.69) is 20.4 Å². The number of carbonyl (C=O) groups excluding carboxylic acids is 2. The summed E-state index contributed by atoms with van der Waals surface area (Å²) < 4.78 is 7.75. The van der Waals surface area contributed by atoms with E-state index in [1.165, 1.54) is 6.07 Å². The number of amides is 2. The van der Waals surface area contributed by atoms with E-state index in [9.17, 15) is 9.59 Å². The van der Waals surface area contributed by atoms with Gasteiger partial charge in [0, 0.05) is 34.2 Å². The van der Waals surface area contributed by atoms with Crippen LogP contribution >= 0.6 is 23.2 Å². The largest absolute Gasteiger partial charge is 0.479 e. The quantitative estimate of drug-likeness (QED) is 0.301. The lowest BCUT2D eigenvalue weighted by Crippen LogP contribution is -2.49. The van der Waals surface area contributed by atoms with E-state index >= 15 is 0 Å². The molecule has 1 heterocycles. The summed E-state index contributed by atoms with van der Waals surface area (Å²) in [5, 5.41) is 8.76. The van der Waals surface area contributed by atoms with Crippen molar-refractivity contribution in [3.05, 3.63) is 63.8 Å². The van der Waals surface area contributed by atoms with E-state index < -0.39 is 24.0 Å². The molecule has 0 spiro atoms. The number of rotatable bonds is 9. The Kier molecular flexibility index (Phi) is 8.81. The van der Waals surface area contributed by atoms with Crippen LogP contribution in [0, 0.1) is 12.8 Å². The lowest BCUT2D eigenvalue weighted by Gasteiger charge is -2.22. The number of aromatic nitrogens is 1. The first kappa shape index (κ1) is 26.6. The van der Waals surface area contributed by atoms with Crippen LogP contribution in [0.5, 0.6) is 5.75 Å². The van der Waals surface area contributed by atoms with Gasteiger partial charge in [-0.1, -0.05) is 55.2 Å². The van der Waals surface area contributed by atoms with Gasteiger partial charge in [-0.15, -0.1) is 0 Å². The van der Waals surface area contributed by atoms with Crippen molar-refractivity contribution in [2.45, 2.75) is 46.3 Å². The number of ether oxygens (including phenoxy) is 1. The number of para-hydroxylation sites is 1. The van der Waals surface area contributed by atoms with Gasteiger partial charge in [0.2, 0.25) is 0 Å². The zero-order valence-corrected chi connectivity index (χ0v) is 21.9. The van der Waals surface area contributed by atoms with Crippen LogP contribution in [0.1, 0.15) is 38.4 Å². The van der Waals surface area contributed by atoms with Crippen LogP contribution in [-0.4, -0.2) is 34.7 Å². The number of halogens is 2. The summed E-state index contributed by atoms with van der Waals surface area (Å²) >= 11 is 12.0. The van der Waals surface area contributed by atoms with Crippen LogP contribution in [0.15, 0.2) is 47.6 Å². The summed E-state index contributed by atoms with van der Waals surface area (Å²) in [6.07, 6.45) is 1.20. The van der Waals surface area contributed by atoms with Crippen molar-refractivity contribution in [2.24, 2.45) is 18.1 Å². The molecular weight excluding hydrogens is 487 g/mol. The molecule has 9 heteroatoms. The normalized spacial score (nSPS) is 13.3. The monoisotopic (exact) mass is 516 g/mol. The molecule has 3 rings (SSSR count). The summed E-state index contributed by atoms with van der Waals surface area (Å²) in [6.45, 7) is 7.54. The fourth-order valence-corrected chi connectivity index (χ4v) is 4.21. The maximum Gasteiger partial charge on any atom is 0.262 e. The average Bonchev–Trinajstić information content (AvgIpc) is 3.05. The second-order valence-electron chi connectivity index (χ2n) is 8.84. The predicted molar refractivity (Wildman–Crippen MR) is 141 cm³/mol. The molecule has 2 atom stereocenters. The maximum atomic E-state index is 12.9. The molecule has 7 nitrogen and oxygen atoms in total. The molecular formula is C26H30Cl2N4O3. The van der Waals surface area contributed by atoms with Gasteiger partial charge in [0.15, 0.2) is 6.10 Å². The van der Waals surface area contributed by atoms with E-state index in [-0.39, 0.29) is 5.92 Å². The number of carbonyl (C=O) groups is 2. The number of benzene rings is 2. The molecule has 2 aromatic carbocycles. The van der Waals surface area contributed by atoms with E-state index in [1.54, 1.807) is 25.3 Å². The Bertz CT molecular complexity index is 1250. The van der Waals surface area contributed by atoms with Crippen molar-refractivity contribution in [2.75, 3.05) is 0 Å². The van der Waals surface area contributed by atoms with E-state index in [1.807, 2.05) is 52.1 Å². The topological polar surface area (TPSA) is 84.7 Å². The van der Waals surface area contributed by atoms with Crippen molar-refractivity contribution >= 4 is 52.1 Å². The van der Waals surface area contributed by atoms with Gasteiger partial charge in [-0.05, 0) is 50.5 Å². The van der Waals surface area contributed by atoms with Gasteiger partial charge in [-0.2, -0.15) is 5.10 Å². The van der Waals surface area contributed by atoms with Crippen molar-refractivity contribution < 1.29 is 14.3 Å². The molecule has 35 heavy (non-hydrogen) atoms. The highest BCUT2D eigenvalue weighted by Gasteiger charge is 2.25. The van der Waals surface area contributed by atoms with Gasteiger partial charge < -0.3 is 14.6 Å². The number of hydrogen-bond donors (Lipinski definition) is 2. The predicted octanol–water partition coefficient (Wildman–Crippen LogP) is 5.24. The minimum atomic E-state index is -0.877. The van der Waals surface area contributed by atoms with Crippen molar-refractivity contribution in [3.8, 4) is 5.75 Å². The molecule has 0 unspecified atom stereocenters. The van der Waals surface area contributed by atoms with Crippen LogP contribution in [0.25, 0.3) is 10.9 Å². The molecule has 0 bridgehead atoms. The summed E-state index contributed by atoms with van der Waals surface area (Å²) in [4.78, 5) is 25.7. The molecule has 1 aromatic heterocycles. The van der Waals surface area contributed by atoms with E-state index in [0.29, 0.717) is 22.2 Å². The highest BCUT2D eigenvalue weighted by atomic mass is 35.5. The molecule has 0 aliphatic rings. The van der Waals surface area contributed by atoms with Crippen LogP contribution in [-0.2, 0) is 16.6 Å². The smallest absolute Gasteiger partial charge is 0.262 e. The molecule has 0 saturated heterocycles. The zero-order valence-electron chi connectivity index (χ0n) is 20.4. The lowest BCUT2D eigenvalue weighted by molar-refractivity contribution is -0.132. The van der Waals surface area contributed by atoms with Crippen LogP contribution in [0.4, 0.5) is 0 Å². The first-order valence-corrected chi connectivity index (χ1v) is 12.1. The fraction of sp³-hybridized carbons (Fsp3) is 0.346. The number of hydrogen-bond acceptors (Lipinski definition) is 4. The average molecular weight is 517 g/mol. The SMILES string of the molecule is Cc1c(/C=N\NC(=O)[C@@H](CC(C)C)NC(=O)[C@@H](C)Oc2ccc(Cl)cc2Cl)c2ccccc2n1C.